The number of Topliss-reactive ketones (excluding diaryl/α,β-unsaturated/α-hetero) is 3. The van der Waals surface area contributed by atoms with Crippen molar-refractivity contribution in [2.75, 3.05) is 0 Å². The van der Waals surface area contributed by atoms with E-state index < -0.39 is 37.2 Å². The van der Waals surface area contributed by atoms with Crippen LogP contribution in [0.5, 0.6) is 0 Å². The fourth-order valence-corrected chi connectivity index (χ4v) is 1.74. The van der Waals surface area contributed by atoms with Gasteiger partial charge in [0.15, 0.2) is 0 Å². The second-order valence-corrected chi connectivity index (χ2v) is 6.36. The van der Waals surface area contributed by atoms with Gasteiger partial charge in [-0.15, -0.1) is 0 Å². The van der Waals surface area contributed by atoms with Crippen molar-refractivity contribution >= 4 is 52.6 Å². The molecule has 0 saturated carbocycles. The van der Waals surface area contributed by atoms with Gasteiger partial charge in [-0.2, -0.15) is 0 Å². The summed E-state index contributed by atoms with van der Waals surface area (Å²) in [5.41, 5.74) is 0. The van der Waals surface area contributed by atoms with E-state index in [4.69, 9.17) is 0 Å². The molecule has 0 heterocycles. The third-order valence-corrected chi connectivity index (χ3v) is 2.72. The Balaban J connectivity index is -0.000000159. The van der Waals surface area contributed by atoms with Gasteiger partial charge < -0.3 is 29.7 Å². The number of carboxylic acid groups (broad SMARTS) is 3. The fourth-order valence-electron chi connectivity index (χ4n) is 1.74. The molecule has 0 fully saturated rings. The van der Waals surface area contributed by atoms with Crippen molar-refractivity contribution in [3.8, 4) is 0 Å². The van der Waals surface area contributed by atoms with E-state index in [0.29, 0.717) is 32.1 Å². The van der Waals surface area contributed by atoms with Crippen molar-refractivity contribution in [1.82, 2.24) is 0 Å². The molecule has 0 amide bonds. The summed E-state index contributed by atoms with van der Waals surface area (Å²) in [4.78, 5) is 60.9. The Kier molecular flexibility index (Phi) is 26.4. The van der Waals surface area contributed by atoms with Gasteiger partial charge in [0.2, 0.25) is 0 Å². The van der Waals surface area contributed by atoms with E-state index in [9.17, 15) is 44.1 Å². The van der Waals surface area contributed by atoms with Crippen LogP contribution in [0.1, 0.15) is 79.1 Å². The average molecular weight is 428 g/mol. The van der Waals surface area contributed by atoms with Gasteiger partial charge in [0.05, 0.1) is 0 Å². The molecule has 0 rings (SSSR count). The summed E-state index contributed by atoms with van der Waals surface area (Å²) in [6, 6.07) is 0. The van der Waals surface area contributed by atoms with Gasteiger partial charge in [-0.25, -0.2) is 0 Å². The van der Waals surface area contributed by atoms with Crippen LogP contribution in [0, 0.1) is 5.92 Å². The van der Waals surface area contributed by atoms with Crippen LogP contribution in [0.2, 0.25) is 0 Å². The minimum absolute atomic E-state index is 0. The van der Waals surface area contributed by atoms with Gasteiger partial charge in [0.25, 0.3) is 0 Å². The zero-order chi connectivity index (χ0) is 22.7. The van der Waals surface area contributed by atoms with Gasteiger partial charge >= 0.3 is 17.4 Å². The van der Waals surface area contributed by atoms with Gasteiger partial charge in [0.1, 0.15) is 17.3 Å². The maximum Gasteiger partial charge on any atom is 3.00 e. The monoisotopic (exact) mass is 428 g/mol. The number of carbonyl (C=O) groups is 6. The van der Waals surface area contributed by atoms with Crippen molar-refractivity contribution in [3.05, 3.63) is 0 Å². The standard InChI is InChI=1S/C7H12O3.2C6H10O3.Al/c1-5(2)3-6(8)4-7(9)10;2*1-2-3-5(7)4-6(8)9;/h5H,3-4H2,1-2H3,(H,9,10);2*2-4H2,1H3,(H,8,9);/q;;;+3/p-3. The second kappa shape index (κ2) is 22.2. The molecular formula is C19H29AlO9. The minimum Gasteiger partial charge on any atom is -0.550 e. The summed E-state index contributed by atoms with van der Waals surface area (Å²) in [6.45, 7) is 7.39. The number of carboxylic acids is 3. The van der Waals surface area contributed by atoms with E-state index in [2.05, 4.69) is 0 Å². The van der Waals surface area contributed by atoms with Crippen LogP contribution in [-0.4, -0.2) is 52.6 Å². The molecule has 0 aliphatic rings. The summed E-state index contributed by atoms with van der Waals surface area (Å²) in [5.74, 6) is -4.38. The molecule has 0 aromatic carbocycles. The first-order valence-electron chi connectivity index (χ1n) is 9.00. The summed E-state index contributed by atoms with van der Waals surface area (Å²) in [5, 5.41) is 29.4. The van der Waals surface area contributed by atoms with E-state index >= 15 is 0 Å². The van der Waals surface area contributed by atoms with Crippen LogP contribution < -0.4 is 15.3 Å². The molecule has 0 aromatic heterocycles. The molecule has 162 valence electrons. The molecule has 0 spiro atoms. The second-order valence-electron chi connectivity index (χ2n) is 6.36. The zero-order valence-corrected chi connectivity index (χ0v) is 18.6. The van der Waals surface area contributed by atoms with Gasteiger partial charge in [-0.1, -0.05) is 27.7 Å². The third kappa shape index (κ3) is 37.4. The van der Waals surface area contributed by atoms with Crippen LogP contribution in [0.3, 0.4) is 0 Å². The Hall–Kier alpha value is -2.05. The van der Waals surface area contributed by atoms with Crippen LogP contribution in [0.4, 0.5) is 0 Å². The van der Waals surface area contributed by atoms with E-state index in [1.807, 2.05) is 27.7 Å². The SMILES string of the molecule is CC(C)CC(=O)CC(=O)[O-].CCCC(=O)CC(=O)[O-].CCCC(=O)CC(=O)[O-].[Al+3]. The Morgan fingerprint density at radius 1 is 0.621 bits per heavy atom. The molecule has 0 aliphatic heterocycles. The first kappa shape index (κ1) is 34.5. The van der Waals surface area contributed by atoms with Crippen LogP contribution >= 0.6 is 0 Å². The largest absolute Gasteiger partial charge is 3.00 e. The van der Waals surface area contributed by atoms with Crippen LogP contribution in [-0.2, 0) is 28.8 Å². The van der Waals surface area contributed by atoms with Crippen molar-refractivity contribution in [1.29, 1.82) is 0 Å². The maximum absolute atomic E-state index is 10.6. The molecule has 10 heteroatoms. The number of ketones is 3. The molecule has 0 atom stereocenters. The Labute approximate surface area is 182 Å². The van der Waals surface area contributed by atoms with E-state index in [0.717, 1.165) is 0 Å². The molecular weight excluding hydrogens is 399 g/mol. The maximum atomic E-state index is 10.6. The smallest absolute Gasteiger partial charge is 0.550 e. The molecule has 0 saturated heterocycles. The van der Waals surface area contributed by atoms with E-state index in [1.54, 1.807) is 0 Å². The number of carbonyl (C=O) groups excluding carboxylic acids is 6. The van der Waals surface area contributed by atoms with Crippen molar-refractivity contribution in [2.45, 2.75) is 79.1 Å². The molecule has 0 aliphatic carbocycles. The topological polar surface area (TPSA) is 172 Å². The van der Waals surface area contributed by atoms with Crippen molar-refractivity contribution in [2.24, 2.45) is 5.92 Å². The van der Waals surface area contributed by atoms with E-state index in [1.165, 1.54) is 0 Å². The number of aliphatic carboxylic acids is 3. The predicted molar refractivity (Wildman–Crippen MR) is 98.9 cm³/mol. The molecule has 0 aromatic rings. The van der Waals surface area contributed by atoms with Crippen LogP contribution in [0.25, 0.3) is 0 Å². The summed E-state index contributed by atoms with van der Waals surface area (Å²) >= 11 is 0. The molecule has 29 heavy (non-hydrogen) atoms. The van der Waals surface area contributed by atoms with Crippen molar-refractivity contribution in [3.63, 3.8) is 0 Å². The third-order valence-electron chi connectivity index (χ3n) is 2.72. The summed E-state index contributed by atoms with van der Waals surface area (Å²) in [6.07, 6.45) is 1.09. The first-order valence-corrected chi connectivity index (χ1v) is 9.00. The summed E-state index contributed by atoms with van der Waals surface area (Å²) in [7, 11) is 0. The molecule has 0 radical (unpaired) electrons. The normalized spacial score (nSPS) is 9.00. The molecule has 9 nitrogen and oxygen atoms in total. The Morgan fingerprint density at radius 2 is 0.897 bits per heavy atom. The Morgan fingerprint density at radius 3 is 1.10 bits per heavy atom. The van der Waals surface area contributed by atoms with Gasteiger partial charge in [0, 0.05) is 56.4 Å². The van der Waals surface area contributed by atoms with Crippen molar-refractivity contribution < 1.29 is 44.1 Å². The molecule has 0 N–H and O–H groups in total. The quantitative estimate of drug-likeness (QED) is 0.261. The van der Waals surface area contributed by atoms with Crippen LogP contribution in [0.15, 0.2) is 0 Å². The minimum atomic E-state index is -1.29. The fraction of sp³-hybridized carbons (Fsp3) is 0.684. The number of hydrogen-bond acceptors (Lipinski definition) is 9. The van der Waals surface area contributed by atoms with E-state index in [-0.39, 0.29) is 40.6 Å². The van der Waals surface area contributed by atoms with Gasteiger partial charge in [-0.05, 0) is 18.8 Å². The number of hydrogen-bond donors (Lipinski definition) is 0. The number of rotatable bonds is 12. The van der Waals surface area contributed by atoms with Gasteiger partial charge in [-0.3, -0.25) is 14.4 Å². The zero-order valence-electron chi connectivity index (χ0n) is 17.5. The average Bonchev–Trinajstić information content (AvgIpc) is 2.45. The molecule has 0 bridgehead atoms. The predicted octanol–water partition coefficient (Wildman–Crippen LogP) is -1.65. The Bertz CT molecular complexity index is 498. The molecule has 0 unspecified atom stereocenters. The summed E-state index contributed by atoms with van der Waals surface area (Å²) < 4.78 is 0. The first-order chi connectivity index (χ1) is 12.8.